The van der Waals surface area contributed by atoms with Crippen molar-refractivity contribution in [3.63, 3.8) is 0 Å². The Morgan fingerprint density at radius 1 is 1.30 bits per heavy atom. The van der Waals surface area contributed by atoms with Gasteiger partial charge in [0.1, 0.15) is 17.2 Å². The maximum absolute atomic E-state index is 12.8. The monoisotopic (exact) mass is 480 g/mol. The van der Waals surface area contributed by atoms with Crippen molar-refractivity contribution >= 4 is 35.3 Å². The molecule has 0 unspecified atom stereocenters. The van der Waals surface area contributed by atoms with Gasteiger partial charge in [0.15, 0.2) is 11.5 Å². The molecule has 0 aromatic carbocycles. The van der Waals surface area contributed by atoms with E-state index >= 15 is 0 Å². The molecule has 33 heavy (non-hydrogen) atoms. The number of aromatic amines is 1. The molecule has 10 nitrogen and oxygen atoms in total. The predicted octanol–water partition coefficient (Wildman–Crippen LogP) is 3.19. The molecule has 1 atom stereocenters. The van der Waals surface area contributed by atoms with Crippen molar-refractivity contribution in [3.05, 3.63) is 27.4 Å². The van der Waals surface area contributed by atoms with Gasteiger partial charge in [-0.3, -0.25) is 14.7 Å². The molecule has 2 aromatic rings. The van der Waals surface area contributed by atoms with Gasteiger partial charge < -0.3 is 23.3 Å². The molecule has 182 valence electrons. The van der Waals surface area contributed by atoms with Crippen LogP contribution in [0.25, 0.3) is 11.0 Å². The normalized spacial score (nSPS) is 16.5. The molecule has 1 aliphatic rings. The number of ether oxygens (including phenoxy) is 3. The highest BCUT2D eigenvalue weighted by atomic mass is 32.1. The number of hydrogen-bond acceptors (Lipinski definition) is 7. The second-order valence-corrected chi connectivity index (χ2v) is 9.66. The maximum atomic E-state index is 12.8. The van der Waals surface area contributed by atoms with E-state index in [1.807, 2.05) is 13.8 Å². The van der Waals surface area contributed by atoms with E-state index in [1.165, 1.54) is 4.90 Å². The zero-order chi connectivity index (χ0) is 24.3. The van der Waals surface area contributed by atoms with Crippen LogP contribution < -0.4 is 5.56 Å². The Morgan fingerprint density at radius 2 is 2.03 bits per heavy atom. The van der Waals surface area contributed by atoms with E-state index in [4.69, 9.17) is 26.4 Å². The summed E-state index contributed by atoms with van der Waals surface area (Å²) < 4.78 is 20.1. The number of esters is 1. The highest BCUT2D eigenvalue weighted by Gasteiger charge is 2.37. The molecule has 3 heterocycles. The predicted molar refractivity (Wildman–Crippen MR) is 125 cm³/mol. The SMILES string of the molecule is CC(C)OCCn1c(=S)[nH]c(=O)c2c1ccn2COC(=O)[C@@H]1CCCN1C(=O)OC(C)(C)C. The van der Waals surface area contributed by atoms with Gasteiger partial charge >= 0.3 is 12.1 Å². The van der Waals surface area contributed by atoms with Crippen molar-refractivity contribution in [1.29, 1.82) is 0 Å². The number of likely N-dealkylation sites (tertiary alicyclic amines) is 1. The van der Waals surface area contributed by atoms with E-state index in [0.717, 1.165) is 0 Å². The van der Waals surface area contributed by atoms with Crippen molar-refractivity contribution in [2.45, 2.75) is 78.5 Å². The Bertz CT molecular complexity index is 1130. The standard InChI is InChI=1S/C22H32N4O6S/c1-14(2)30-12-11-25-15-8-10-24(17(15)18(27)23-20(25)33)13-31-19(28)16-7-6-9-26(16)21(29)32-22(3,4)5/h8,10,14,16H,6-7,9,11-13H2,1-5H3,(H,23,27,33)/t16-/m0/s1. The molecule has 1 aliphatic heterocycles. The number of aromatic nitrogens is 3. The lowest BCUT2D eigenvalue weighted by atomic mass is 10.2. The van der Waals surface area contributed by atoms with Crippen LogP contribution in [0.1, 0.15) is 47.5 Å². The van der Waals surface area contributed by atoms with E-state index < -0.39 is 23.7 Å². The summed E-state index contributed by atoms with van der Waals surface area (Å²) in [6.07, 6.45) is 2.40. The maximum Gasteiger partial charge on any atom is 0.411 e. The molecule has 1 amide bonds. The fraction of sp³-hybridized carbons (Fsp3) is 0.636. The van der Waals surface area contributed by atoms with Crippen LogP contribution in [0.2, 0.25) is 0 Å². The number of H-pyrrole nitrogens is 1. The average molecular weight is 481 g/mol. The first-order chi connectivity index (χ1) is 15.5. The molecular formula is C22H32N4O6S. The van der Waals surface area contributed by atoms with Crippen LogP contribution in [-0.2, 0) is 32.3 Å². The minimum Gasteiger partial charge on any atom is -0.444 e. The number of nitrogens with zero attached hydrogens (tertiary/aromatic N) is 3. The third-order valence-corrected chi connectivity index (χ3v) is 5.50. The van der Waals surface area contributed by atoms with Gasteiger partial charge in [0, 0.05) is 19.3 Å². The smallest absolute Gasteiger partial charge is 0.411 e. The third-order valence-electron chi connectivity index (χ3n) is 5.18. The van der Waals surface area contributed by atoms with Gasteiger partial charge in [-0.15, -0.1) is 0 Å². The molecule has 1 saturated heterocycles. The molecule has 0 saturated carbocycles. The summed E-state index contributed by atoms with van der Waals surface area (Å²) in [6, 6.07) is 1.05. The average Bonchev–Trinajstić information content (AvgIpc) is 3.34. The van der Waals surface area contributed by atoms with Gasteiger partial charge in [-0.1, -0.05) is 0 Å². The summed E-state index contributed by atoms with van der Waals surface area (Å²) in [4.78, 5) is 41.9. The number of nitrogens with one attached hydrogen (secondary N) is 1. The van der Waals surface area contributed by atoms with Gasteiger partial charge in [0.2, 0.25) is 0 Å². The fourth-order valence-corrected chi connectivity index (χ4v) is 4.03. The van der Waals surface area contributed by atoms with Crippen LogP contribution in [0.3, 0.4) is 0 Å². The van der Waals surface area contributed by atoms with E-state index in [-0.39, 0.29) is 18.4 Å². The van der Waals surface area contributed by atoms with E-state index in [2.05, 4.69) is 4.98 Å². The minimum atomic E-state index is -0.711. The Hall–Kier alpha value is -2.66. The van der Waals surface area contributed by atoms with Crippen molar-refractivity contribution in [3.8, 4) is 0 Å². The van der Waals surface area contributed by atoms with E-state index in [0.29, 0.717) is 48.3 Å². The fourth-order valence-electron chi connectivity index (χ4n) is 3.75. The molecule has 3 rings (SSSR count). The van der Waals surface area contributed by atoms with Crippen LogP contribution in [-0.4, -0.2) is 62.0 Å². The Labute approximate surface area is 197 Å². The van der Waals surface area contributed by atoms with Gasteiger partial charge in [0.05, 0.1) is 18.2 Å². The summed E-state index contributed by atoms with van der Waals surface area (Å²) >= 11 is 5.32. The van der Waals surface area contributed by atoms with E-state index in [1.54, 1.807) is 42.2 Å². The number of fused-ring (bicyclic) bond motifs is 1. The lowest BCUT2D eigenvalue weighted by Gasteiger charge is -2.27. The number of rotatable bonds is 7. The molecule has 1 fully saturated rings. The largest absolute Gasteiger partial charge is 0.444 e. The zero-order valence-electron chi connectivity index (χ0n) is 19.8. The van der Waals surface area contributed by atoms with Crippen molar-refractivity contribution < 1.29 is 23.8 Å². The van der Waals surface area contributed by atoms with Crippen molar-refractivity contribution in [2.75, 3.05) is 13.2 Å². The molecule has 0 bridgehead atoms. The highest BCUT2D eigenvalue weighted by molar-refractivity contribution is 7.71. The zero-order valence-corrected chi connectivity index (χ0v) is 20.6. The van der Waals surface area contributed by atoms with Crippen LogP contribution in [0.4, 0.5) is 4.79 Å². The lowest BCUT2D eigenvalue weighted by molar-refractivity contribution is -0.152. The molecule has 2 aromatic heterocycles. The molecule has 0 spiro atoms. The molecule has 1 N–H and O–H groups in total. The minimum absolute atomic E-state index is 0.0808. The van der Waals surface area contributed by atoms with Crippen molar-refractivity contribution in [1.82, 2.24) is 19.0 Å². The molecule has 0 radical (unpaired) electrons. The summed E-state index contributed by atoms with van der Waals surface area (Å²) in [7, 11) is 0. The quantitative estimate of drug-likeness (QED) is 0.479. The summed E-state index contributed by atoms with van der Waals surface area (Å²) in [6.45, 7) is 10.4. The van der Waals surface area contributed by atoms with Gasteiger partial charge in [-0.05, 0) is 65.7 Å². The van der Waals surface area contributed by atoms with Crippen LogP contribution in [0, 0.1) is 4.77 Å². The summed E-state index contributed by atoms with van der Waals surface area (Å²) in [5.74, 6) is -0.533. The first-order valence-corrected chi connectivity index (χ1v) is 11.5. The van der Waals surface area contributed by atoms with Crippen LogP contribution in [0.15, 0.2) is 17.1 Å². The number of amides is 1. The van der Waals surface area contributed by atoms with Gasteiger partial charge in [-0.25, -0.2) is 9.59 Å². The van der Waals surface area contributed by atoms with Gasteiger partial charge in [0.25, 0.3) is 5.56 Å². The number of carbonyl (C=O) groups is 2. The lowest BCUT2D eigenvalue weighted by Crippen LogP contribution is -2.44. The van der Waals surface area contributed by atoms with Crippen molar-refractivity contribution in [2.24, 2.45) is 0 Å². The Kier molecular flexibility index (Phi) is 7.63. The van der Waals surface area contributed by atoms with E-state index in [9.17, 15) is 14.4 Å². The second-order valence-electron chi connectivity index (χ2n) is 9.27. The molecule has 0 aliphatic carbocycles. The topological polar surface area (TPSA) is 108 Å². The number of carbonyl (C=O) groups excluding carboxylic acids is 2. The Morgan fingerprint density at radius 3 is 2.70 bits per heavy atom. The van der Waals surface area contributed by atoms with Crippen LogP contribution in [0.5, 0.6) is 0 Å². The molecular weight excluding hydrogens is 448 g/mol. The Balaban J connectivity index is 1.73. The summed E-state index contributed by atoms with van der Waals surface area (Å²) in [5, 5.41) is 0. The van der Waals surface area contributed by atoms with Crippen LogP contribution >= 0.6 is 12.2 Å². The highest BCUT2D eigenvalue weighted by Crippen LogP contribution is 2.22. The number of hydrogen-bond donors (Lipinski definition) is 1. The second kappa shape index (κ2) is 10.1. The first kappa shape index (κ1) is 25.0. The third kappa shape index (κ3) is 6.02. The first-order valence-electron chi connectivity index (χ1n) is 11.1. The van der Waals surface area contributed by atoms with Gasteiger partial charge in [-0.2, -0.15) is 0 Å². The summed E-state index contributed by atoms with van der Waals surface area (Å²) in [5.41, 5.74) is -0.0497. The molecule has 11 heteroatoms.